The summed E-state index contributed by atoms with van der Waals surface area (Å²) in [5, 5.41) is 7.48. The summed E-state index contributed by atoms with van der Waals surface area (Å²) in [7, 11) is 0. The van der Waals surface area contributed by atoms with Crippen molar-refractivity contribution in [2.45, 2.75) is 26.0 Å². The Morgan fingerprint density at radius 2 is 1.96 bits per heavy atom. The van der Waals surface area contributed by atoms with E-state index in [0.29, 0.717) is 12.3 Å². The number of aryl methyl sites for hydroxylation is 2. The van der Waals surface area contributed by atoms with Crippen LogP contribution >= 0.6 is 11.8 Å². The summed E-state index contributed by atoms with van der Waals surface area (Å²) in [6.07, 6.45) is 2.59. The fourth-order valence-electron chi connectivity index (χ4n) is 2.82. The lowest BCUT2D eigenvalue weighted by atomic mass is 10.1. The first-order valence-corrected chi connectivity index (χ1v) is 10.1. The Labute approximate surface area is 164 Å². The van der Waals surface area contributed by atoms with E-state index in [0.717, 1.165) is 34.9 Å². The molecule has 3 aromatic rings. The highest BCUT2D eigenvalue weighted by atomic mass is 32.2. The number of benzene rings is 1. The summed E-state index contributed by atoms with van der Waals surface area (Å²) < 4.78 is 1.94. The minimum atomic E-state index is 0.0650. The summed E-state index contributed by atoms with van der Waals surface area (Å²) in [5.41, 5.74) is 5.38. The van der Waals surface area contributed by atoms with Crippen molar-refractivity contribution in [3.63, 3.8) is 0 Å². The lowest BCUT2D eigenvalue weighted by Gasteiger charge is -2.08. The first-order chi connectivity index (χ1) is 13.1. The number of amides is 1. The van der Waals surface area contributed by atoms with Crippen LogP contribution in [0.3, 0.4) is 0 Å². The summed E-state index contributed by atoms with van der Waals surface area (Å²) in [6, 6.07) is 16.2. The van der Waals surface area contributed by atoms with Crippen molar-refractivity contribution in [1.82, 2.24) is 20.1 Å². The molecule has 140 valence electrons. The highest BCUT2D eigenvalue weighted by molar-refractivity contribution is 7.99. The largest absolute Gasteiger partial charge is 0.355 e. The van der Waals surface area contributed by atoms with Crippen LogP contribution in [0.2, 0.25) is 0 Å². The lowest BCUT2D eigenvalue weighted by molar-refractivity contribution is -0.118. The molecule has 0 unspecified atom stereocenters. The zero-order chi connectivity index (χ0) is 19.1. The van der Waals surface area contributed by atoms with Crippen molar-refractivity contribution in [3.05, 3.63) is 77.4 Å². The van der Waals surface area contributed by atoms with E-state index in [9.17, 15) is 4.79 Å². The van der Waals surface area contributed by atoms with Gasteiger partial charge < -0.3 is 5.32 Å². The van der Waals surface area contributed by atoms with E-state index < -0.39 is 0 Å². The standard InChI is InChI=1S/C21H24N4OS/c1-16-13-17(2)25(24-16)20-8-6-18(7-9-20)10-12-23-21(26)15-27-14-19-5-3-4-11-22-19/h3-9,11,13H,10,12,14-15H2,1-2H3,(H,23,26). The fourth-order valence-corrected chi connectivity index (χ4v) is 3.59. The quantitative estimate of drug-likeness (QED) is 0.650. The summed E-state index contributed by atoms with van der Waals surface area (Å²) in [4.78, 5) is 16.2. The van der Waals surface area contributed by atoms with E-state index in [1.165, 1.54) is 5.56 Å². The summed E-state index contributed by atoms with van der Waals surface area (Å²) in [5.74, 6) is 1.27. The third kappa shape index (κ3) is 5.69. The second-order valence-corrected chi connectivity index (χ2v) is 7.40. The number of carbonyl (C=O) groups is 1. The predicted molar refractivity (Wildman–Crippen MR) is 110 cm³/mol. The Morgan fingerprint density at radius 3 is 2.63 bits per heavy atom. The number of pyridine rings is 1. The van der Waals surface area contributed by atoms with Crippen LogP contribution in [-0.2, 0) is 17.0 Å². The molecule has 27 heavy (non-hydrogen) atoms. The SMILES string of the molecule is Cc1cc(C)n(-c2ccc(CCNC(=O)CSCc3ccccn3)cc2)n1. The first kappa shape index (κ1) is 19.2. The zero-order valence-corrected chi connectivity index (χ0v) is 16.5. The van der Waals surface area contributed by atoms with Crippen molar-refractivity contribution in [2.24, 2.45) is 0 Å². The minimum absolute atomic E-state index is 0.0650. The molecule has 2 aromatic heterocycles. The van der Waals surface area contributed by atoms with Gasteiger partial charge in [0.15, 0.2) is 0 Å². The molecule has 0 aliphatic carbocycles. The Morgan fingerprint density at radius 1 is 1.15 bits per heavy atom. The molecule has 0 aliphatic rings. The number of rotatable bonds is 8. The van der Waals surface area contributed by atoms with Crippen LogP contribution < -0.4 is 5.32 Å². The Kier molecular flexibility index (Phi) is 6.65. The van der Waals surface area contributed by atoms with Crippen LogP contribution in [0.15, 0.2) is 54.7 Å². The van der Waals surface area contributed by atoms with E-state index in [4.69, 9.17) is 0 Å². The molecular weight excluding hydrogens is 356 g/mol. The minimum Gasteiger partial charge on any atom is -0.355 e. The average molecular weight is 381 g/mol. The number of hydrogen-bond acceptors (Lipinski definition) is 4. The van der Waals surface area contributed by atoms with E-state index >= 15 is 0 Å². The Bertz CT molecular complexity index is 875. The second-order valence-electron chi connectivity index (χ2n) is 6.42. The van der Waals surface area contributed by atoms with Crippen molar-refractivity contribution in [2.75, 3.05) is 12.3 Å². The first-order valence-electron chi connectivity index (χ1n) is 8.99. The van der Waals surface area contributed by atoms with Crippen molar-refractivity contribution in [3.8, 4) is 5.69 Å². The maximum atomic E-state index is 11.9. The number of nitrogens with zero attached hydrogens (tertiary/aromatic N) is 3. The highest BCUT2D eigenvalue weighted by Gasteiger charge is 2.05. The normalized spacial score (nSPS) is 10.7. The van der Waals surface area contributed by atoms with Crippen LogP contribution in [-0.4, -0.2) is 33.0 Å². The summed E-state index contributed by atoms with van der Waals surface area (Å²) >= 11 is 1.58. The summed E-state index contributed by atoms with van der Waals surface area (Å²) in [6.45, 7) is 4.69. The van der Waals surface area contributed by atoms with Gasteiger partial charge >= 0.3 is 0 Å². The molecule has 0 spiro atoms. The average Bonchev–Trinajstić information content (AvgIpc) is 3.01. The number of thioether (sulfide) groups is 1. The Balaban J connectivity index is 1.40. The van der Waals surface area contributed by atoms with Crippen molar-refractivity contribution in [1.29, 1.82) is 0 Å². The van der Waals surface area contributed by atoms with Gasteiger partial charge in [-0.15, -0.1) is 11.8 Å². The number of aromatic nitrogens is 3. The van der Waals surface area contributed by atoms with Gasteiger partial charge in [-0.25, -0.2) is 4.68 Å². The Hall–Kier alpha value is -2.60. The molecular formula is C21H24N4OS. The molecule has 0 aliphatic heterocycles. The van der Waals surface area contributed by atoms with Gasteiger partial charge in [-0.3, -0.25) is 9.78 Å². The molecule has 3 rings (SSSR count). The van der Waals surface area contributed by atoms with E-state index in [-0.39, 0.29) is 5.91 Å². The molecule has 0 radical (unpaired) electrons. The van der Waals surface area contributed by atoms with Gasteiger partial charge in [-0.2, -0.15) is 5.10 Å². The second kappa shape index (κ2) is 9.37. The van der Waals surface area contributed by atoms with Crippen LogP contribution in [0.4, 0.5) is 0 Å². The lowest BCUT2D eigenvalue weighted by Crippen LogP contribution is -2.27. The molecule has 0 atom stereocenters. The predicted octanol–water partition coefficient (Wildman–Crippen LogP) is 3.48. The van der Waals surface area contributed by atoms with E-state index in [2.05, 4.69) is 52.7 Å². The molecule has 5 nitrogen and oxygen atoms in total. The van der Waals surface area contributed by atoms with Gasteiger partial charge in [-0.05, 0) is 56.2 Å². The number of hydrogen-bond donors (Lipinski definition) is 1. The van der Waals surface area contributed by atoms with Crippen LogP contribution in [0.25, 0.3) is 5.69 Å². The van der Waals surface area contributed by atoms with Crippen LogP contribution in [0.1, 0.15) is 22.6 Å². The van der Waals surface area contributed by atoms with E-state index in [1.54, 1.807) is 18.0 Å². The molecule has 1 N–H and O–H groups in total. The maximum Gasteiger partial charge on any atom is 0.230 e. The fraction of sp³-hybridized carbons (Fsp3) is 0.286. The van der Waals surface area contributed by atoms with Crippen molar-refractivity contribution < 1.29 is 4.79 Å². The van der Waals surface area contributed by atoms with Gasteiger partial charge in [-0.1, -0.05) is 18.2 Å². The van der Waals surface area contributed by atoms with Crippen LogP contribution in [0, 0.1) is 13.8 Å². The maximum absolute atomic E-state index is 11.9. The van der Waals surface area contributed by atoms with Gasteiger partial charge in [0.25, 0.3) is 0 Å². The van der Waals surface area contributed by atoms with Gasteiger partial charge in [0.05, 0.1) is 22.8 Å². The third-order valence-corrected chi connectivity index (χ3v) is 5.10. The molecule has 0 saturated heterocycles. The monoisotopic (exact) mass is 380 g/mol. The van der Waals surface area contributed by atoms with Crippen molar-refractivity contribution >= 4 is 17.7 Å². The molecule has 6 heteroatoms. The molecule has 0 bridgehead atoms. The molecule has 0 saturated carbocycles. The van der Waals surface area contributed by atoms with Gasteiger partial charge in [0.1, 0.15) is 0 Å². The van der Waals surface area contributed by atoms with Crippen LogP contribution in [0.5, 0.6) is 0 Å². The van der Waals surface area contributed by atoms with Gasteiger partial charge in [0, 0.05) is 24.2 Å². The zero-order valence-electron chi connectivity index (χ0n) is 15.7. The third-order valence-electron chi connectivity index (χ3n) is 4.14. The number of carbonyl (C=O) groups excluding carboxylic acids is 1. The van der Waals surface area contributed by atoms with Gasteiger partial charge in [0.2, 0.25) is 5.91 Å². The highest BCUT2D eigenvalue weighted by Crippen LogP contribution is 2.13. The molecule has 0 fully saturated rings. The molecule has 1 amide bonds. The smallest absolute Gasteiger partial charge is 0.230 e. The van der Waals surface area contributed by atoms with E-state index in [1.807, 2.05) is 29.8 Å². The molecule has 2 heterocycles. The number of nitrogens with one attached hydrogen (secondary N) is 1. The topological polar surface area (TPSA) is 59.8 Å². The molecule has 1 aromatic carbocycles.